The van der Waals surface area contributed by atoms with Crippen LogP contribution < -0.4 is 11.5 Å². The second kappa shape index (κ2) is 4.64. The average Bonchev–Trinajstić information content (AvgIpc) is 2.14. The van der Waals surface area contributed by atoms with Gasteiger partial charge in [-0.25, -0.2) is 4.39 Å². The van der Waals surface area contributed by atoms with Gasteiger partial charge in [0.2, 0.25) is 0 Å². The van der Waals surface area contributed by atoms with Crippen molar-refractivity contribution in [1.82, 2.24) is 0 Å². The van der Waals surface area contributed by atoms with E-state index < -0.39 is 0 Å². The van der Waals surface area contributed by atoms with E-state index in [0.717, 1.165) is 5.56 Å². The van der Waals surface area contributed by atoms with E-state index in [1.165, 1.54) is 6.07 Å². The van der Waals surface area contributed by atoms with E-state index in [9.17, 15) is 4.39 Å². The first-order chi connectivity index (χ1) is 6.65. The zero-order chi connectivity index (χ0) is 10.6. The lowest BCUT2D eigenvalue weighted by molar-refractivity contribution is 0.623. The van der Waals surface area contributed by atoms with Gasteiger partial charge in [0, 0.05) is 18.7 Å². The largest absolute Gasteiger partial charge is 0.398 e. The minimum absolute atomic E-state index is 0.332. The van der Waals surface area contributed by atoms with Crippen LogP contribution in [-0.4, -0.2) is 6.54 Å². The molecule has 0 bridgehead atoms. The summed E-state index contributed by atoms with van der Waals surface area (Å²) in [7, 11) is 0. The summed E-state index contributed by atoms with van der Waals surface area (Å²) >= 11 is 0. The smallest absolute Gasteiger partial charge is 0.139 e. The molecule has 3 heteroatoms. The zero-order valence-electron chi connectivity index (χ0n) is 8.10. The molecule has 0 fully saturated rings. The van der Waals surface area contributed by atoms with Crippen LogP contribution in [0.1, 0.15) is 17.5 Å². The highest BCUT2D eigenvalue weighted by Gasteiger charge is 2.02. The summed E-state index contributed by atoms with van der Waals surface area (Å²) in [5.41, 5.74) is 12.5. The van der Waals surface area contributed by atoms with Gasteiger partial charge >= 0.3 is 0 Å². The van der Waals surface area contributed by atoms with Crippen LogP contribution in [0.5, 0.6) is 0 Å². The fourth-order valence-electron chi connectivity index (χ4n) is 1.02. The van der Waals surface area contributed by atoms with Crippen LogP contribution in [0, 0.1) is 24.6 Å². The summed E-state index contributed by atoms with van der Waals surface area (Å²) in [4.78, 5) is 0. The van der Waals surface area contributed by atoms with Gasteiger partial charge < -0.3 is 11.5 Å². The first kappa shape index (κ1) is 10.6. The SMILES string of the molecule is Cc1cc(F)c(C#CCCN)cc1N. The second-order valence-electron chi connectivity index (χ2n) is 3.03. The van der Waals surface area contributed by atoms with E-state index in [2.05, 4.69) is 11.8 Å². The molecule has 74 valence electrons. The Morgan fingerprint density at radius 3 is 2.79 bits per heavy atom. The maximum absolute atomic E-state index is 13.3. The minimum atomic E-state index is -0.332. The summed E-state index contributed by atoms with van der Waals surface area (Å²) in [5.74, 6) is 5.13. The Bertz CT molecular complexity index is 388. The van der Waals surface area contributed by atoms with E-state index in [1.54, 1.807) is 13.0 Å². The number of nitrogen functional groups attached to an aromatic ring is 1. The third-order valence-electron chi connectivity index (χ3n) is 1.85. The number of anilines is 1. The Labute approximate surface area is 83.1 Å². The van der Waals surface area contributed by atoms with Crippen molar-refractivity contribution in [1.29, 1.82) is 0 Å². The first-order valence-corrected chi connectivity index (χ1v) is 4.39. The van der Waals surface area contributed by atoms with E-state index in [0.29, 0.717) is 24.2 Å². The van der Waals surface area contributed by atoms with Gasteiger partial charge in [-0.05, 0) is 24.6 Å². The van der Waals surface area contributed by atoms with Crippen LogP contribution in [0.15, 0.2) is 12.1 Å². The molecule has 0 spiro atoms. The predicted molar refractivity (Wildman–Crippen MR) is 56.1 cm³/mol. The van der Waals surface area contributed by atoms with Crippen LogP contribution in [0.4, 0.5) is 10.1 Å². The van der Waals surface area contributed by atoms with Crippen molar-refractivity contribution < 1.29 is 4.39 Å². The van der Waals surface area contributed by atoms with E-state index >= 15 is 0 Å². The second-order valence-corrected chi connectivity index (χ2v) is 3.03. The highest BCUT2D eigenvalue weighted by atomic mass is 19.1. The van der Waals surface area contributed by atoms with Crippen LogP contribution >= 0.6 is 0 Å². The lowest BCUT2D eigenvalue weighted by atomic mass is 10.1. The summed E-state index contributed by atoms with van der Waals surface area (Å²) in [6, 6.07) is 2.94. The molecule has 0 unspecified atom stereocenters. The Hall–Kier alpha value is -1.53. The molecule has 0 saturated heterocycles. The molecule has 0 aliphatic heterocycles. The molecule has 0 atom stereocenters. The molecule has 0 aliphatic rings. The molecule has 0 heterocycles. The molecule has 4 N–H and O–H groups in total. The van der Waals surface area contributed by atoms with Gasteiger partial charge in [-0.15, -0.1) is 0 Å². The quantitative estimate of drug-likeness (QED) is 0.522. The molecule has 0 amide bonds. The summed E-state index contributed by atoms with van der Waals surface area (Å²) < 4.78 is 13.3. The molecule has 0 saturated carbocycles. The standard InChI is InChI=1S/C11H13FN2/c1-8-6-10(12)9(7-11(8)14)4-2-3-5-13/h6-7H,3,5,13-14H2,1H3. The van der Waals surface area contributed by atoms with Gasteiger partial charge in [-0.2, -0.15) is 0 Å². The van der Waals surface area contributed by atoms with Crippen molar-refractivity contribution in [3.05, 3.63) is 29.1 Å². The van der Waals surface area contributed by atoms with Crippen molar-refractivity contribution >= 4 is 5.69 Å². The van der Waals surface area contributed by atoms with Gasteiger partial charge in [-0.3, -0.25) is 0 Å². The third kappa shape index (κ3) is 2.48. The van der Waals surface area contributed by atoms with Crippen LogP contribution in [0.25, 0.3) is 0 Å². The molecule has 0 aromatic heterocycles. The molecular formula is C11H13FN2. The van der Waals surface area contributed by atoms with Crippen LogP contribution in [0.2, 0.25) is 0 Å². The fraction of sp³-hybridized carbons (Fsp3) is 0.273. The number of rotatable bonds is 1. The van der Waals surface area contributed by atoms with Crippen molar-refractivity contribution in [2.24, 2.45) is 5.73 Å². The number of nitrogens with two attached hydrogens (primary N) is 2. The number of hydrogen-bond donors (Lipinski definition) is 2. The number of aryl methyl sites for hydroxylation is 1. The topological polar surface area (TPSA) is 52.0 Å². The third-order valence-corrected chi connectivity index (χ3v) is 1.85. The minimum Gasteiger partial charge on any atom is -0.398 e. The molecule has 1 aromatic rings. The van der Waals surface area contributed by atoms with Crippen molar-refractivity contribution in [3.63, 3.8) is 0 Å². The number of benzene rings is 1. The highest BCUT2D eigenvalue weighted by Crippen LogP contribution is 2.16. The molecule has 0 aliphatic carbocycles. The monoisotopic (exact) mass is 192 g/mol. The van der Waals surface area contributed by atoms with Crippen molar-refractivity contribution in [3.8, 4) is 11.8 Å². The summed E-state index contributed by atoms with van der Waals surface area (Å²) in [6.45, 7) is 2.24. The summed E-state index contributed by atoms with van der Waals surface area (Å²) in [5, 5.41) is 0. The zero-order valence-corrected chi connectivity index (χ0v) is 8.10. The molecule has 0 radical (unpaired) electrons. The maximum Gasteiger partial charge on any atom is 0.139 e. The molecule has 14 heavy (non-hydrogen) atoms. The Balaban J connectivity index is 3.00. The van der Waals surface area contributed by atoms with Gasteiger partial charge in [-0.1, -0.05) is 11.8 Å². The van der Waals surface area contributed by atoms with E-state index in [-0.39, 0.29) is 5.82 Å². The summed E-state index contributed by atoms with van der Waals surface area (Å²) in [6.07, 6.45) is 0.563. The van der Waals surface area contributed by atoms with Crippen molar-refractivity contribution in [2.75, 3.05) is 12.3 Å². The fourth-order valence-corrected chi connectivity index (χ4v) is 1.02. The number of hydrogen-bond acceptors (Lipinski definition) is 2. The molecule has 2 nitrogen and oxygen atoms in total. The van der Waals surface area contributed by atoms with Gasteiger partial charge in [0.05, 0.1) is 5.56 Å². The molecule has 1 rings (SSSR count). The molecule has 1 aromatic carbocycles. The Morgan fingerprint density at radius 1 is 1.43 bits per heavy atom. The Kier molecular flexibility index (Phi) is 3.49. The van der Waals surface area contributed by atoms with Crippen LogP contribution in [0.3, 0.4) is 0 Å². The normalized spacial score (nSPS) is 9.36. The predicted octanol–water partition coefficient (Wildman–Crippen LogP) is 1.42. The van der Waals surface area contributed by atoms with Crippen LogP contribution in [-0.2, 0) is 0 Å². The first-order valence-electron chi connectivity index (χ1n) is 4.39. The maximum atomic E-state index is 13.3. The molecular weight excluding hydrogens is 179 g/mol. The highest BCUT2D eigenvalue weighted by molar-refractivity contribution is 5.53. The Morgan fingerprint density at radius 2 is 2.14 bits per heavy atom. The van der Waals surface area contributed by atoms with Gasteiger partial charge in [0.1, 0.15) is 5.82 Å². The number of halogens is 1. The van der Waals surface area contributed by atoms with Crippen molar-refractivity contribution in [2.45, 2.75) is 13.3 Å². The lowest BCUT2D eigenvalue weighted by Crippen LogP contribution is -1.96. The van der Waals surface area contributed by atoms with E-state index in [1.807, 2.05) is 0 Å². The van der Waals surface area contributed by atoms with Gasteiger partial charge in [0.25, 0.3) is 0 Å². The average molecular weight is 192 g/mol. The van der Waals surface area contributed by atoms with Gasteiger partial charge in [0.15, 0.2) is 0 Å². The lowest BCUT2D eigenvalue weighted by Gasteiger charge is -2.01. The van der Waals surface area contributed by atoms with E-state index in [4.69, 9.17) is 11.5 Å².